The number of ether oxygens (including phenoxy) is 4. The van der Waals surface area contributed by atoms with Crippen molar-refractivity contribution in [1.29, 1.82) is 0 Å². The first-order valence-electron chi connectivity index (χ1n) is 13.3. The third kappa shape index (κ3) is 25.6. The summed E-state index contributed by atoms with van der Waals surface area (Å²) in [5, 5.41) is 0. The van der Waals surface area contributed by atoms with E-state index >= 15 is 0 Å². The number of allylic oxidation sites excluding steroid dienone is 1. The Bertz CT molecular complexity index is 334. The molecule has 0 aromatic heterocycles. The van der Waals surface area contributed by atoms with Gasteiger partial charge in [0.25, 0.3) is 0 Å². The fourth-order valence-electron chi connectivity index (χ4n) is 3.58. The topological polar surface area (TPSA) is 36.9 Å². The SMILES string of the molecule is CCCCCOC(CCCCCCCCCCCCC=COCOC)OCCCCC. The van der Waals surface area contributed by atoms with Crippen molar-refractivity contribution in [3.8, 4) is 0 Å². The molecule has 0 fully saturated rings. The van der Waals surface area contributed by atoms with Gasteiger partial charge in [0.15, 0.2) is 13.1 Å². The van der Waals surface area contributed by atoms with Crippen LogP contribution in [0.3, 0.4) is 0 Å². The molecule has 0 rings (SSSR count). The molecule has 0 bridgehead atoms. The molecule has 0 unspecified atom stereocenters. The zero-order valence-electron chi connectivity index (χ0n) is 21.2. The van der Waals surface area contributed by atoms with E-state index in [0.29, 0.717) is 6.79 Å². The Morgan fingerprint density at radius 2 is 1.13 bits per heavy atom. The number of unbranched alkanes of at least 4 members (excludes halogenated alkanes) is 14. The third-order valence-electron chi connectivity index (χ3n) is 5.54. The van der Waals surface area contributed by atoms with Gasteiger partial charge in [0, 0.05) is 20.3 Å². The minimum absolute atomic E-state index is 0.0232. The van der Waals surface area contributed by atoms with Gasteiger partial charge in [-0.05, 0) is 44.6 Å². The predicted octanol–water partition coefficient (Wildman–Crippen LogP) is 8.54. The molecular weight excluding hydrogens is 388 g/mol. The molecular formula is C27H54O4. The Hall–Kier alpha value is -0.580. The molecule has 0 aromatic carbocycles. The molecule has 0 saturated carbocycles. The van der Waals surface area contributed by atoms with Crippen LogP contribution in [0, 0.1) is 0 Å². The van der Waals surface area contributed by atoms with Gasteiger partial charge >= 0.3 is 0 Å². The van der Waals surface area contributed by atoms with E-state index in [2.05, 4.69) is 19.9 Å². The van der Waals surface area contributed by atoms with Gasteiger partial charge in [-0.25, -0.2) is 0 Å². The Morgan fingerprint density at radius 3 is 1.65 bits per heavy atom. The molecule has 0 aliphatic rings. The maximum Gasteiger partial charge on any atom is 0.187 e. The van der Waals surface area contributed by atoms with Gasteiger partial charge in [0.2, 0.25) is 0 Å². The zero-order chi connectivity index (χ0) is 22.7. The summed E-state index contributed by atoms with van der Waals surface area (Å²) in [5.41, 5.74) is 0. The lowest BCUT2D eigenvalue weighted by molar-refractivity contribution is -0.148. The highest BCUT2D eigenvalue weighted by Gasteiger charge is 2.09. The number of hydrogen-bond acceptors (Lipinski definition) is 4. The monoisotopic (exact) mass is 442 g/mol. The first-order valence-corrected chi connectivity index (χ1v) is 13.3. The van der Waals surface area contributed by atoms with Crippen LogP contribution in [0.5, 0.6) is 0 Å². The summed E-state index contributed by atoms with van der Waals surface area (Å²) in [5.74, 6) is 0. The highest BCUT2D eigenvalue weighted by Crippen LogP contribution is 2.15. The number of methoxy groups -OCH3 is 1. The van der Waals surface area contributed by atoms with Gasteiger partial charge in [-0.2, -0.15) is 0 Å². The number of hydrogen-bond donors (Lipinski definition) is 0. The summed E-state index contributed by atoms with van der Waals surface area (Å²) in [6.07, 6.45) is 26.7. The summed E-state index contributed by atoms with van der Waals surface area (Å²) < 4.78 is 22.0. The lowest BCUT2D eigenvalue weighted by atomic mass is 10.1. The fourth-order valence-corrected chi connectivity index (χ4v) is 3.58. The van der Waals surface area contributed by atoms with Gasteiger partial charge in [-0.3, -0.25) is 0 Å². The Morgan fingerprint density at radius 1 is 0.613 bits per heavy atom. The van der Waals surface area contributed by atoms with Crippen molar-refractivity contribution >= 4 is 0 Å². The van der Waals surface area contributed by atoms with Crippen LogP contribution in [0.2, 0.25) is 0 Å². The van der Waals surface area contributed by atoms with E-state index < -0.39 is 0 Å². The van der Waals surface area contributed by atoms with Crippen molar-refractivity contribution in [2.75, 3.05) is 27.1 Å². The molecule has 0 radical (unpaired) electrons. The first-order chi connectivity index (χ1) is 15.3. The first kappa shape index (κ1) is 30.4. The van der Waals surface area contributed by atoms with Crippen molar-refractivity contribution < 1.29 is 18.9 Å². The van der Waals surface area contributed by atoms with E-state index in [-0.39, 0.29) is 6.29 Å². The van der Waals surface area contributed by atoms with Crippen LogP contribution in [0.4, 0.5) is 0 Å². The van der Waals surface area contributed by atoms with E-state index in [9.17, 15) is 0 Å². The molecule has 0 amide bonds. The standard InChI is InChI=1S/C27H54O4/c1-4-6-19-24-30-27(31-25-20-7-5-2)22-18-16-14-12-10-8-9-11-13-15-17-21-23-29-26-28-3/h21,23,27H,4-20,22,24-26H2,1-3H3. The Kier molecular flexibility index (Phi) is 26.9. The molecule has 186 valence electrons. The lowest BCUT2D eigenvalue weighted by Crippen LogP contribution is -2.19. The van der Waals surface area contributed by atoms with Crippen LogP contribution >= 0.6 is 0 Å². The van der Waals surface area contributed by atoms with E-state index in [4.69, 9.17) is 18.9 Å². The van der Waals surface area contributed by atoms with Gasteiger partial charge in [-0.15, -0.1) is 0 Å². The Balaban J connectivity index is 3.50. The van der Waals surface area contributed by atoms with Crippen LogP contribution in [-0.4, -0.2) is 33.4 Å². The largest absolute Gasteiger partial charge is 0.476 e. The molecule has 4 nitrogen and oxygen atoms in total. The summed E-state index contributed by atoms with van der Waals surface area (Å²) >= 11 is 0. The average Bonchev–Trinajstić information content (AvgIpc) is 2.78. The molecule has 0 saturated heterocycles. The van der Waals surface area contributed by atoms with Gasteiger partial charge in [0.1, 0.15) is 0 Å². The molecule has 0 N–H and O–H groups in total. The minimum atomic E-state index is 0.0232. The quantitative estimate of drug-likeness (QED) is 0.0764. The lowest BCUT2D eigenvalue weighted by Gasteiger charge is -2.18. The van der Waals surface area contributed by atoms with Crippen molar-refractivity contribution in [3.63, 3.8) is 0 Å². The highest BCUT2D eigenvalue weighted by molar-refractivity contribution is 4.72. The minimum Gasteiger partial charge on any atom is -0.476 e. The summed E-state index contributed by atoms with van der Waals surface area (Å²) in [7, 11) is 1.64. The summed E-state index contributed by atoms with van der Waals surface area (Å²) in [6, 6.07) is 0. The van der Waals surface area contributed by atoms with Crippen molar-refractivity contribution in [2.24, 2.45) is 0 Å². The highest BCUT2D eigenvalue weighted by atomic mass is 16.7. The third-order valence-corrected chi connectivity index (χ3v) is 5.54. The Labute approximate surface area is 194 Å². The maximum absolute atomic E-state index is 6.01. The van der Waals surface area contributed by atoms with Crippen LogP contribution in [0.15, 0.2) is 12.3 Å². The van der Waals surface area contributed by atoms with Crippen molar-refractivity contribution in [1.82, 2.24) is 0 Å². The van der Waals surface area contributed by atoms with E-state index in [1.54, 1.807) is 13.4 Å². The summed E-state index contributed by atoms with van der Waals surface area (Å²) in [4.78, 5) is 0. The van der Waals surface area contributed by atoms with E-state index in [0.717, 1.165) is 38.9 Å². The molecule has 0 spiro atoms. The molecule has 0 aliphatic heterocycles. The van der Waals surface area contributed by atoms with Crippen LogP contribution in [0.25, 0.3) is 0 Å². The summed E-state index contributed by atoms with van der Waals surface area (Å²) in [6.45, 7) is 6.52. The van der Waals surface area contributed by atoms with E-state index in [1.165, 1.54) is 89.9 Å². The normalized spacial score (nSPS) is 11.7. The zero-order valence-corrected chi connectivity index (χ0v) is 21.2. The molecule has 4 heteroatoms. The maximum atomic E-state index is 6.01. The van der Waals surface area contributed by atoms with Crippen LogP contribution in [-0.2, 0) is 18.9 Å². The second-order valence-electron chi connectivity index (χ2n) is 8.64. The molecule has 31 heavy (non-hydrogen) atoms. The second kappa shape index (κ2) is 27.5. The van der Waals surface area contributed by atoms with Crippen molar-refractivity contribution in [3.05, 3.63) is 12.3 Å². The molecule has 0 aromatic rings. The van der Waals surface area contributed by atoms with Gasteiger partial charge < -0.3 is 18.9 Å². The average molecular weight is 443 g/mol. The smallest absolute Gasteiger partial charge is 0.187 e. The molecule has 0 aliphatic carbocycles. The van der Waals surface area contributed by atoms with Gasteiger partial charge in [-0.1, -0.05) is 90.9 Å². The van der Waals surface area contributed by atoms with E-state index in [1.807, 2.05) is 0 Å². The predicted molar refractivity (Wildman–Crippen MR) is 132 cm³/mol. The second-order valence-corrected chi connectivity index (χ2v) is 8.64. The van der Waals surface area contributed by atoms with Gasteiger partial charge in [0.05, 0.1) is 6.26 Å². The van der Waals surface area contributed by atoms with Crippen LogP contribution in [0.1, 0.15) is 129 Å². The molecule has 0 heterocycles. The number of rotatable bonds is 26. The van der Waals surface area contributed by atoms with Crippen molar-refractivity contribution in [2.45, 2.75) is 136 Å². The van der Waals surface area contributed by atoms with Crippen LogP contribution < -0.4 is 0 Å². The fraction of sp³-hybridized carbons (Fsp3) is 0.926. The molecule has 0 atom stereocenters.